The number of furan rings is 1. The van der Waals surface area contributed by atoms with Crippen molar-refractivity contribution < 1.29 is 17.6 Å². The van der Waals surface area contributed by atoms with E-state index in [0.717, 1.165) is 27.9 Å². The molecule has 0 saturated carbocycles. The normalized spacial score (nSPS) is 11.9. The number of carbonyl (C=O) groups excluding carboxylic acids is 1. The highest BCUT2D eigenvalue weighted by Gasteiger charge is 2.28. The van der Waals surface area contributed by atoms with Gasteiger partial charge >= 0.3 is 0 Å². The van der Waals surface area contributed by atoms with Crippen LogP contribution < -0.4 is 5.32 Å². The maximum atomic E-state index is 13.9. The first-order valence-electron chi connectivity index (χ1n) is 12.8. The summed E-state index contributed by atoms with van der Waals surface area (Å²) < 4.78 is 34.7. The minimum atomic E-state index is -4.19. The molecule has 3 aromatic carbocycles. The van der Waals surface area contributed by atoms with E-state index in [1.54, 1.807) is 41.2 Å². The summed E-state index contributed by atoms with van der Waals surface area (Å²) in [6.45, 7) is 6.07. The molecule has 0 saturated heterocycles. The van der Waals surface area contributed by atoms with Gasteiger partial charge in [-0.05, 0) is 74.4 Å². The Balaban J connectivity index is 1.71. The molecule has 0 aliphatic heterocycles. The van der Waals surface area contributed by atoms with Crippen LogP contribution in [0.15, 0.2) is 112 Å². The van der Waals surface area contributed by atoms with Gasteiger partial charge in [-0.15, -0.1) is 0 Å². The molecule has 0 aliphatic carbocycles. The van der Waals surface area contributed by atoms with Gasteiger partial charge in [0.05, 0.1) is 23.4 Å². The van der Waals surface area contributed by atoms with E-state index in [4.69, 9.17) is 9.52 Å². The Morgan fingerprint density at radius 3 is 2.20 bits per heavy atom. The maximum absolute atomic E-state index is 13.9. The van der Waals surface area contributed by atoms with Crippen molar-refractivity contribution in [3.8, 4) is 16.9 Å². The third-order valence-corrected chi connectivity index (χ3v) is 8.31. The van der Waals surface area contributed by atoms with Crippen LogP contribution >= 0.6 is 0 Å². The lowest BCUT2D eigenvalue weighted by Gasteiger charge is -2.12. The van der Waals surface area contributed by atoms with Crippen LogP contribution in [0.2, 0.25) is 0 Å². The molecule has 7 nitrogen and oxygen atoms in total. The zero-order valence-electron chi connectivity index (χ0n) is 22.5. The summed E-state index contributed by atoms with van der Waals surface area (Å²) >= 11 is 0. The third kappa shape index (κ3) is 5.53. The molecular weight excluding hydrogens is 522 g/mol. The number of aromatic nitrogens is 2. The summed E-state index contributed by atoms with van der Waals surface area (Å²) in [7, 11) is -4.19. The fourth-order valence-electron chi connectivity index (χ4n) is 4.75. The predicted molar refractivity (Wildman–Crippen MR) is 155 cm³/mol. The number of sulfone groups is 1. The van der Waals surface area contributed by atoms with Crippen LogP contribution in [0.5, 0.6) is 0 Å². The molecule has 0 spiro atoms. The van der Waals surface area contributed by atoms with Crippen LogP contribution in [0.4, 0.5) is 0 Å². The Morgan fingerprint density at radius 2 is 1.57 bits per heavy atom. The Hall–Kier alpha value is -4.69. The number of carbonyl (C=O) groups is 1. The van der Waals surface area contributed by atoms with Gasteiger partial charge in [0, 0.05) is 17.3 Å². The van der Waals surface area contributed by atoms with Crippen molar-refractivity contribution in [3.63, 3.8) is 0 Å². The van der Waals surface area contributed by atoms with Crippen molar-refractivity contribution >= 4 is 21.8 Å². The molecule has 0 fully saturated rings. The summed E-state index contributed by atoms with van der Waals surface area (Å²) in [4.78, 5) is 13.2. The van der Waals surface area contributed by atoms with E-state index in [0.29, 0.717) is 17.0 Å². The van der Waals surface area contributed by atoms with Crippen LogP contribution in [-0.2, 0) is 21.2 Å². The second kappa shape index (κ2) is 11.2. The second-order valence-electron chi connectivity index (χ2n) is 9.57. The summed E-state index contributed by atoms with van der Waals surface area (Å²) in [5.41, 5.74) is 5.89. The molecule has 0 bridgehead atoms. The van der Waals surface area contributed by atoms with Gasteiger partial charge in [0.1, 0.15) is 16.4 Å². The van der Waals surface area contributed by atoms with Gasteiger partial charge in [-0.1, -0.05) is 54.1 Å². The minimum Gasteiger partial charge on any atom is -0.467 e. The molecule has 8 heteroatoms. The standard InChI is InChI=1S/C32H29N3O4S/c1-22-17-23(2)30(24(3)18-22)31-25(21-35(34-31)26-11-6-4-7-12-26)19-29(32(36)33-20-27-13-10-16-39-27)40(37,38)28-14-8-5-9-15-28/h4-19,21H,20H2,1-3H3,(H,33,36)/b29-19+. The number of hydrogen-bond donors (Lipinski definition) is 1. The van der Waals surface area contributed by atoms with Crippen LogP contribution in [0.3, 0.4) is 0 Å². The fraction of sp³-hybridized carbons (Fsp3) is 0.125. The van der Waals surface area contributed by atoms with E-state index in [1.807, 2.05) is 51.1 Å². The van der Waals surface area contributed by atoms with Gasteiger partial charge in [-0.25, -0.2) is 13.1 Å². The van der Waals surface area contributed by atoms with Crippen molar-refractivity contribution in [2.24, 2.45) is 0 Å². The zero-order valence-corrected chi connectivity index (χ0v) is 23.3. The third-order valence-electron chi connectivity index (χ3n) is 6.53. The molecule has 2 heterocycles. The monoisotopic (exact) mass is 551 g/mol. The molecular formula is C32H29N3O4S. The van der Waals surface area contributed by atoms with Crippen molar-refractivity contribution in [2.75, 3.05) is 0 Å². The summed E-state index contributed by atoms with van der Waals surface area (Å²) in [5, 5.41) is 7.59. The Labute approximate surface area is 233 Å². The average Bonchev–Trinajstić information content (AvgIpc) is 3.61. The number of para-hydroxylation sites is 1. The maximum Gasteiger partial charge on any atom is 0.263 e. The first kappa shape index (κ1) is 26.9. The van der Waals surface area contributed by atoms with Crippen LogP contribution in [0.25, 0.3) is 23.0 Å². The number of nitrogens with zero attached hydrogens (tertiary/aromatic N) is 2. The van der Waals surface area contributed by atoms with Gasteiger partial charge in [0.25, 0.3) is 5.91 Å². The molecule has 5 rings (SSSR count). The van der Waals surface area contributed by atoms with E-state index in [2.05, 4.69) is 17.4 Å². The number of benzene rings is 3. The van der Waals surface area contributed by atoms with Crippen molar-refractivity contribution in [1.82, 2.24) is 15.1 Å². The van der Waals surface area contributed by atoms with E-state index in [1.165, 1.54) is 24.5 Å². The highest BCUT2D eigenvalue weighted by atomic mass is 32.2. The van der Waals surface area contributed by atoms with Crippen molar-refractivity contribution in [2.45, 2.75) is 32.2 Å². The van der Waals surface area contributed by atoms with Gasteiger partial charge in [-0.3, -0.25) is 4.79 Å². The Kier molecular flexibility index (Phi) is 7.53. The smallest absolute Gasteiger partial charge is 0.263 e. The molecule has 1 N–H and O–H groups in total. The molecule has 0 atom stereocenters. The molecule has 0 aliphatic rings. The van der Waals surface area contributed by atoms with Crippen molar-refractivity contribution in [1.29, 1.82) is 0 Å². The predicted octanol–water partition coefficient (Wildman–Crippen LogP) is 6.19. The number of amides is 1. The van der Waals surface area contributed by atoms with E-state index in [-0.39, 0.29) is 16.3 Å². The summed E-state index contributed by atoms with van der Waals surface area (Å²) in [6, 6.07) is 25.0. The molecule has 1 amide bonds. The number of aryl methyl sites for hydroxylation is 3. The zero-order chi connectivity index (χ0) is 28.3. The molecule has 0 radical (unpaired) electrons. The topological polar surface area (TPSA) is 94.2 Å². The summed E-state index contributed by atoms with van der Waals surface area (Å²) in [5.74, 6) is -0.232. The van der Waals surface area contributed by atoms with Gasteiger partial charge < -0.3 is 9.73 Å². The summed E-state index contributed by atoms with van der Waals surface area (Å²) in [6.07, 6.45) is 4.67. The fourth-order valence-corrected chi connectivity index (χ4v) is 6.12. The lowest BCUT2D eigenvalue weighted by Crippen LogP contribution is -2.28. The molecule has 2 aromatic heterocycles. The van der Waals surface area contributed by atoms with Gasteiger partial charge in [0.15, 0.2) is 0 Å². The first-order chi connectivity index (χ1) is 19.2. The van der Waals surface area contributed by atoms with E-state index in [9.17, 15) is 13.2 Å². The lowest BCUT2D eigenvalue weighted by atomic mass is 9.95. The number of rotatable bonds is 8. The highest BCUT2D eigenvalue weighted by Crippen LogP contribution is 2.33. The van der Waals surface area contributed by atoms with Crippen molar-refractivity contribution in [3.05, 3.63) is 130 Å². The quantitative estimate of drug-likeness (QED) is 0.232. The van der Waals surface area contributed by atoms with Crippen LogP contribution in [0, 0.1) is 20.8 Å². The average molecular weight is 552 g/mol. The molecule has 202 valence electrons. The first-order valence-corrected chi connectivity index (χ1v) is 14.3. The Morgan fingerprint density at radius 1 is 0.925 bits per heavy atom. The second-order valence-corrected chi connectivity index (χ2v) is 11.5. The van der Waals surface area contributed by atoms with E-state index < -0.39 is 15.7 Å². The molecule has 0 unspecified atom stereocenters. The van der Waals surface area contributed by atoms with Gasteiger partial charge in [0.2, 0.25) is 9.84 Å². The lowest BCUT2D eigenvalue weighted by molar-refractivity contribution is -0.117. The Bertz CT molecular complexity index is 1760. The largest absolute Gasteiger partial charge is 0.467 e. The number of hydrogen-bond acceptors (Lipinski definition) is 5. The SMILES string of the molecule is Cc1cc(C)c(-c2nn(-c3ccccc3)cc2/C=C(\C(=O)NCc2ccco2)S(=O)(=O)c2ccccc2)c(C)c1. The van der Waals surface area contributed by atoms with Gasteiger partial charge in [-0.2, -0.15) is 5.10 Å². The van der Waals surface area contributed by atoms with Crippen LogP contribution in [0.1, 0.15) is 28.0 Å². The van der Waals surface area contributed by atoms with Crippen LogP contribution in [-0.4, -0.2) is 24.1 Å². The molecule has 5 aromatic rings. The minimum absolute atomic E-state index is 0.0223. The molecule has 40 heavy (non-hydrogen) atoms. The van der Waals surface area contributed by atoms with E-state index >= 15 is 0 Å². The number of nitrogens with one attached hydrogen (secondary N) is 1. The highest BCUT2D eigenvalue weighted by molar-refractivity contribution is 7.96.